The Morgan fingerprint density at radius 1 is 1.08 bits per heavy atom. The average Bonchev–Trinajstić information content (AvgIpc) is 2.80. The van der Waals surface area contributed by atoms with E-state index < -0.39 is 23.8 Å². The quantitative estimate of drug-likeness (QED) is 0.408. The van der Waals surface area contributed by atoms with Crippen molar-refractivity contribution in [2.24, 2.45) is 0 Å². The van der Waals surface area contributed by atoms with E-state index >= 15 is 0 Å². The molecule has 1 saturated carbocycles. The van der Waals surface area contributed by atoms with Crippen molar-refractivity contribution in [2.75, 3.05) is 5.75 Å². The number of rotatable bonds is 9. The van der Waals surface area contributed by atoms with Crippen LogP contribution >= 0.6 is 12.6 Å². The monoisotopic (exact) mass is 525 g/mol. The van der Waals surface area contributed by atoms with Crippen LogP contribution in [0, 0.1) is 13.8 Å². The van der Waals surface area contributed by atoms with Crippen LogP contribution in [0.1, 0.15) is 68.3 Å². The summed E-state index contributed by atoms with van der Waals surface area (Å²) in [5.74, 6) is -0.522. The van der Waals surface area contributed by atoms with Crippen LogP contribution in [0.15, 0.2) is 48.5 Å². The Kier molecular flexibility index (Phi) is 9.65. The van der Waals surface area contributed by atoms with Crippen LogP contribution in [0.2, 0.25) is 0 Å². The normalized spacial score (nSPS) is 15.2. The maximum Gasteiger partial charge on any atom is 0.408 e. The van der Waals surface area contributed by atoms with Crippen LogP contribution in [0.4, 0.5) is 4.79 Å². The summed E-state index contributed by atoms with van der Waals surface area (Å²) in [6.45, 7) is 9.55. The number of ether oxygens (including phenoxy) is 1. The third-order valence-electron chi connectivity index (χ3n) is 6.46. The van der Waals surface area contributed by atoms with E-state index in [9.17, 15) is 14.4 Å². The van der Waals surface area contributed by atoms with Crippen molar-refractivity contribution < 1.29 is 19.1 Å². The zero-order valence-corrected chi connectivity index (χ0v) is 23.3. The summed E-state index contributed by atoms with van der Waals surface area (Å²) in [6.07, 6.45) is 1.88. The van der Waals surface area contributed by atoms with E-state index in [0.717, 1.165) is 41.5 Å². The molecular formula is C29H39N3O4S. The molecular weight excluding hydrogens is 486 g/mol. The number of nitrogens with one attached hydrogen (secondary N) is 2. The number of hydrogen-bond acceptors (Lipinski definition) is 5. The van der Waals surface area contributed by atoms with Gasteiger partial charge in [-0.2, -0.15) is 12.6 Å². The maximum absolute atomic E-state index is 14.0. The molecule has 0 radical (unpaired) electrons. The first-order valence-electron chi connectivity index (χ1n) is 12.8. The summed E-state index contributed by atoms with van der Waals surface area (Å²) in [7, 11) is 0. The lowest BCUT2D eigenvalue weighted by Crippen LogP contribution is -2.58. The van der Waals surface area contributed by atoms with Crippen molar-refractivity contribution in [1.29, 1.82) is 0 Å². The fraction of sp³-hybridized carbons (Fsp3) is 0.483. The van der Waals surface area contributed by atoms with Gasteiger partial charge in [0.15, 0.2) is 0 Å². The Balaban J connectivity index is 1.96. The number of carbonyl (C=O) groups excluding carboxylic acids is 3. The topological polar surface area (TPSA) is 87.7 Å². The molecule has 1 aliphatic carbocycles. The minimum absolute atomic E-state index is 0.0758. The Hall–Kier alpha value is -3.00. The summed E-state index contributed by atoms with van der Waals surface area (Å²) in [5, 5.41) is 5.72. The van der Waals surface area contributed by atoms with Gasteiger partial charge in [0.25, 0.3) is 0 Å². The van der Waals surface area contributed by atoms with Crippen LogP contribution in [0.3, 0.4) is 0 Å². The first-order chi connectivity index (χ1) is 17.5. The lowest BCUT2D eigenvalue weighted by atomic mass is 9.87. The molecule has 1 fully saturated rings. The number of hydrogen-bond donors (Lipinski definition) is 3. The predicted molar refractivity (Wildman–Crippen MR) is 148 cm³/mol. The molecule has 2 aromatic carbocycles. The van der Waals surface area contributed by atoms with Crippen molar-refractivity contribution in [2.45, 2.75) is 84.2 Å². The number of thiol groups is 1. The molecule has 2 atom stereocenters. The minimum atomic E-state index is -0.937. The van der Waals surface area contributed by atoms with Gasteiger partial charge in [-0.1, -0.05) is 54.1 Å². The zero-order valence-electron chi connectivity index (χ0n) is 22.4. The molecule has 0 spiro atoms. The molecule has 200 valence electrons. The highest BCUT2D eigenvalue weighted by molar-refractivity contribution is 7.80. The van der Waals surface area contributed by atoms with Gasteiger partial charge in [-0.05, 0) is 70.6 Å². The van der Waals surface area contributed by atoms with Gasteiger partial charge in [-0.3, -0.25) is 9.59 Å². The summed E-state index contributed by atoms with van der Waals surface area (Å²) < 4.78 is 5.38. The molecule has 7 nitrogen and oxygen atoms in total. The second-order valence-corrected chi connectivity index (χ2v) is 11.0. The molecule has 3 rings (SSSR count). The number of amides is 3. The lowest BCUT2D eigenvalue weighted by Gasteiger charge is -2.44. The van der Waals surface area contributed by atoms with Crippen LogP contribution in [-0.4, -0.2) is 46.2 Å². The van der Waals surface area contributed by atoms with Gasteiger partial charge in [-0.15, -0.1) is 0 Å². The van der Waals surface area contributed by atoms with E-state index in [4.69, 9.17) is 4.74 Å². The molecule has 2 aromatic rings. The highest BCUT2D eigenvalue weighted by atomic mass is 32.1. The Morgan fingerprint density at radius 2 is 1.76 bits per heavy atom. The van der Waals surface area contributed by atoms with Crippen molar-refractivity contribution in [3.8, 4) is 0 Å². The summed E-state index contributed by atoms with van der Waals surface area (Å²) in [4.78, 5) is 42.1. The van der Waals surface area contributed by atoms with Crippen molar-refractivity contribution in [1.82, 2.24) is 15.5 Å². The SMILES string of the molecule is Cc1ccc(C)c(C(C(=O)NCc2ccccc2)N(C(=O)C(CS)NC(=O)OC(C)(C)C)C2CCC2)c1. The molecule has 0 aliphatic heterocycles. The Bertz CT molecular complexity index is 1100. The Labute approximate surface area is 225 Å². The second kappa shape index (κ2) is 12.5. The van der Waals surface area contributed by atoms with Gasteiger partial charge < -0.3 is 20.3 Å². The first-order valence-corrected chi connectivity index (χ1v) is 13.4. The van der Waals surface area contributed by atoms with Crippen LogP contribution in [-0.2, 0) is 20.9 Å². The van der Waals surface area contributed by atoms with Crippen LogP contribution in [0.5, 0.6) is 0 Å². The minimum Gasteiger partial charge on any atom is -0.444 e. The molecule has 0 saturated heterocycles. The van der Waals surface area contributed by atoms with Crippen molar-refractivity contribution in [3.05, 3.63) is 70.8 Å². The van der Waals surface area contributed by atoms with Gasteiger partial charge in [0, 0.05) is 18.3 Å². The third-order valence-corrected chi connectivity index (χ3v) is 6.82. The first kappa shape index (κ1) is 28.6. The van der Waals surface area contributed by atoms with E-state index in [1.54, 1.807) is 25.7 Å². The number of aryl methyl sites for hydroxylation is 2. The molecule has 0 heterocycles. The second-order valence-electron chi connectivity index (χ2n) is 10.7. The molecule has 8 heteroatoms. The van der Waals surface area contributed by atoms with Gasteiger partial charge in [0.05, 0.1) is 0 Å². The Morgan fingerprint density at radius 3 is 2.32 bits per heavy atom. The summed E-state index contributed by atoms with van der Waals surface area (Å²) >= 11 is 4.37. The number of carbonyl (C=O) groups is 3. The van der Waals surface area contributed by atoms with Gasteiger partial charge in [0.2, 0.25) is 11.8 Å². The van der Waals surface area contributed by atoms with Crippen LogP contribution in [0.25, 0.3) is 0 Å². The molecule has 0 bridgehead atoms. The molecule has 2 N–H and O–H groups in total. The largest absolute Gasteiger partial charge is 0.444 e. The van der Waals surface area contributed by atoms with Crippen LogP contribution < -0.4 is 10.6 Å². The molecule has 37 heavy (non-hydrogen) atoms. The molecule has 1 aliphatic rings. The molecule has 3 amide bonds. The number of nitrogens with zero attached hydrogens (tertiary/aromatic N) is 1. The van der Waals surface area contributed by atoms with Gasteiger partial charge in [0.1, 0.15) is 17.7 Å². The molecule has 2 unspecified atom stereocenters. The summed E-state index contributed by atoms with van der Waals surface area (Å²) in [6, 6.07) is 13.7. The maximum atomic E-state index is 14.0. The lowest BCUT2D eigenvalue weighted by molar-refractivity contribution is -0.147. The van der Waals surface area contributed by atoms with E-state index in [-0.39, 0.29) is 23.6 Å². The average molecular weight is 526 g/mol. The van der Waals surface area contributed by atoms with E-state index in [1.165, 1.54) is 0 Å². The fourth-order valence-corrected chi connectivity index (χ4v) is 4.60. The summed E-state index contributed by atoms with van der Waals surface area (Å²) in [5.41, 5.74) is 2.96. The zero-order chi connectivity index (χ0) is 27.2. The predicted octanol–water partition coefficient (Wildman–Crippen LogP) is 4.87. The van der Waals surface area contributed by atoms with E-state index in [2.05, 4.69) is 23.3 Å². The van der Waals surface area contributed by atoms with E-state index in [1.807, 2.05) is 62.4 Å². The van der Waals surface area contributed by atoms with Gasteiger partial charge >= 0.3 is 6.09 Å². The van der Waals surface area contributed by atoms with E-state index in [0.29, 0.717) is 6.54 Å². The standard InChI is InChI=1S/C29H39N3O4S/c1-19-14-15-20(2)23(16-19)25(26(33)30-17-21-10-7-6-8-11-21)32(22-12-9-13-22)27(34)24(18-37)31-28(35)36-29(3,4)5/h6-8,10-11,14-16,22,24-25,37H,9,12-13,17-18H2,1-5H3,(H,30,33)(H,31,35). The van der Waals surface area contributed by atoms with Crippen molar-refractivity contribution in [3.63, 3.8) is 0 Å². The third kappa shape index (κ3) is 7.74. The highest BCUT2D eigenvalue weighted by Gasteiger charge is 2.42. The number of benzene rings is 2. The fourth-order valence-electron chi connectivity index (χ4n) is 4.35. The highest BCUT2D eigenvalue weighted by Crippen LogP contribution is 2.35. The number of alkyl carbamates (subject to hydrolysis) is 1. The van der Waals surface area contributed by atoms with Gasteiger partial charge in [-0.25, -0.2) is 4.79 Å². The smallest absolute Gasteiger partial charge is 0.408 e. The molecule has 0 aromatic heterocycles. The van der Waals surface area contributed by atoms with Crippen molar-refractivity contribution >= 4 is 30.5 Å².